The lowest BCUT2D eigenvalue weighted by Gasteiger charge is -2.49. The molecule has 0 aromatic rings. The molecule has 5 aliphatic rings. The van der Waals surface area contributed by atoms with Crippen LogP contribution in [0.1, 0.15) is 46.5 Å². The molecule has 2 aliphatic carbocycles. The molecule has 0 spiro atoms. The lowest BCUT2D eigenvalue weighted by Crippen LogP contribution is -2.75. The van der Waals surface area contributed by atoms with Crippen LogP contribution in [0.5, 0.6) is 0 Å². The molecule has 268 valence electrons. The van der Waals surface area contributed by atoms with Gasteiger partial charge in [0.2, 0.25) is 0 Å². The number of nitrogens with one attached hydrogen (secondary N) is 5. The molecule has 13 unspecified atom stereocenters. The molecule has 3 heterocycles. The summed E-state index contributed by atoms with van der Waals surface area (Å²) < 4.78 is 125. The SMILES string of the molecule is COC1C(NC2CC(C)NN2)NC(SC2CCC(S(=O)(=O)C(C)(C)C3C(F)C(F)C(F)C(F)C3F)CC2F)NC1N1CCOCC1. The third kappa shape index (κ3) is 7.22. The van der Waals surface area contributed by atoms with Gasteiger partial charge >= 0.3 is 0 Å². The van der Waals surface area contributed by atoms with Crippen molar-refractivity contribution in [2.75, 3.05) is 33.4 Å². The molecule has 13 atom stereocenters. The summed E-state index contributed by atoms with van der Waals surface area (Å²) in [7, 11) is -2.88. The monoisotopic (exact) mass is 710 g/mol. The Bertz CT molecular complexity index is 1120. The molecule has 18 heteroatoms. The van der Waals surface area contributed by atoms with Crippen LogP contribution in [-0.4, -0.2) is 135 Å². The van der Waals surface area contributed by atoms with Gasteiger partial charge in [0.1, 0.15) is 30.1 Å². The highest BCUT2D eigenvalue weighted by Crippen LogP contribution is 2.47. The van der Waals surface area contributed by atoms with Crippen LogP contribution >= 0.6 is 11.8 Å². The summed E-state index contributed by atoms with van der Waals surface area (Å²) in [6.45, 7) is 6.51. The average Bonchev–Trinajstić information content (AvgIpc) is 3.44. The molecule has 0 aromatic heterocycles. The molecule has 46 heavy (non-hydrogen) atoms. The van der Waals surface area contributed by atoms with Crippen LogP contribution in [0.4, 0.5) is 26.3 Å². The van der Waals surface area contributed by atoms with E-state index in [-0.39, 0.29) is 43.5 Å². The van der Waals surface area contributed by atoms with Crippen LogP contribution in [0.25, 0.3) is 0 Å². The zero-order valence-corrected chi connectivity index (χ0v) is 28.1. The van der Waals surface area contributed by atoms with Crippen LogP contribution in [0, 0.1) is 5.92 Å². The van der Waals surface area contributed by atoms with E-state index in [1.54, 1.807) is 7.11 Å². The number of alkyl halides is 6. The van der Waals surface area contributed by atoms with E-state index in [1.807, 2.05) is 0 Å². The Hall–Kier alpha value is -0.440. The number of hydrogen-bond donors (Lipinski definition) is 5. The van der Waals surface area contributed by atoms with E-state index in [9.17, 15) is 30.4 Å². The first-order chi connectivity index (χ1) is 21.7. The maximum Gasteiger partial charge on any atom is 0.168 e. The van der Waals surface area contributed by atoms with E-state index in [1.165, 1.54) is 11.8 Å². The zero-order valence-electron chi connectivity index (χ0n) is 26.5. The summed E-state index contributed by atoms with van der Waals surface area (Å²) in [4.78, 5) is 2.22. The number of rotatable bonds is 9. The van der Waals surface area contributed by atoms with Crippen LogP contribution in [-0.2, 0) is 19.3 Å². The van der Waals surface area contributed by atoms with Gasteiger partial charge in [0, 0.05) is 37.4 Å². The molecular formula is C28H48F6N6O4S2. The topological polar surface area (TPSA) is 116 Å². The van der Waals surface area contributed by atoms with E-state index in [0.717, 1.165) is 20.3 Å². The van der Waals surface area contributed by atoms with Crippen molar-refractivity contribution in [1.82, 2.24) is 31.7 Å². The Morgan fingerprint density at radius 2 is 1.54 bits per heavy atom. The van der Waals surface area contributed by atoms with Crippen LogP contribution < -0.4 is 26.8 Å². The summed E-state index contributed by atoms with van der Waals surface area (Å²) in [6.07, 6.45) is -16.8. The number of methoxy groups -OCH3 is 1. The number of morpholine rings is 1. The first kappa shape index (κ1) is 36.8. The maximum atomic E-state index is 15.9. The Morgan fingerprint density at radius 3 is 2.11 bits per heavy atom. The van der Waals surface area contributed by atoms with Gasteiger partial charge in [-0.25, -0.2) is 40.2 Å². The second kappa shape index (κ2) is 14.8. The number of sulfone groups is 1. The predicted molar refractivity (Wildman–Crippen MR) is 163 cm³/mol. The number of ether oxygens (including phenoxy) is 2. The fraction of sp³-hybridized carbons (Fsp3) is 1.00. The minimum absolute atomic E-state index is 0.00808. The van der Waals surface area contributed by atoms with Gasteiger partial charge in [-0.2, -0.15) is 0 Å². The number of hydrogen-bond acceptors (Lipinski definition) is 11. The summed E-state index contributed by atoms with van der Waals surface area (Å²) in [5, 5.41) is 8.63. The molecule has 0 amide bonds. The molecule has 3 aliphatic heterocycles. The molecule has 5 fully saturated rings. The minimum Gasteiger partial charge on any atom is -0.379 e. The van der Waals surface area contributed by atoms with E-state index < -0.39 is 80.0 Å². The van der Waals surface area contributed by atoms with E-state index >= 15 is 4.39 Å². The summed E-state index contributed by atoms with van der Waals surface area (Å²) in [5.41, 5.74) is 5.96. The molecule has 5 rings (SSSR count). The zero-order chi connectivity index (χ0) is 33.6. The normalized spacial score (nSPS) is 46.8. The third-order valence-electron chi connectivity index (χ3n) is 10.3. The molecule has 3 saturated heterocycles. The first-order valence-electron chi connectivity index (χ1n) is 16.0. The van der Waals surface area contributed by atoms with Crippen molar-refractivity contribution < 1.29 is 44.2 Å². The quantitative estimate of drug-likeness (QED) is 0.226. The fourth-order valence-electron chi connectivity index (χ4n) is 7.58. The van der Waals surface area contributed by atoms with E-state index in [0.29, 0.717) is 26.3 Å². The van der Waals surface area contributed by atoms with Crippen molar-refractivity contribution in [3.8, 4) is 0 Å². The van der Waals surface area contributed by atoms with Gasteiger partial charge in [-0.1, -0.05) is 0 Å². The molecule has 10 nitrogen and oxygen atoms in total. The standard InChI is InChI=1S/C28H48F6N6O4S2/c1-13-11-17(39-38-13)35-25-24(43-4)26(40-7-9-44-10-8-40)37-27(36-25)45-16-6-5-14(12-15(16)29)46(41,42)28(2,3)18-19(30)21(32)23(34)22(33)20(18)31/h13-27,35-39H,5-12H2,1-4H3. The van der Waals surface area contributed by atoms with Gasteiger partial charge in [-0.05, 0) is 46.5 Å². The van der Waals surface area contributed by atoms with E-state index in [4.69, 9.17) is 9.47 Å². The van der Waals surface area contributed by atoms with Crippen LogP contribution in [0.3, 0.4) is 0 Å². The summed E-state index contributed by atoms with van der Waals surface area (Å²) >= 11 is 1.30. The Kier molecular flexibility index (Phi) is 11.9. The smallest absolute Gasteiger partial charge is 0.168 e. The van der Waals surface area contributed by atoms with Gasteiger partial charge in [-0.15, -0.1) is 11.8 Å². The highest BCUT2D eigenvalue weighted by molar-refractivity contribution is 8.00. The Balaban J connectivity index is 1.27. The maximum absolute atomic E-state index is 15.9. The molecule has 0 radical (unpaired) electrons. The van der Waals surface area contributed by atoms with Gasteiger partial charge in [0.05, 0.1) is 41.7 Å². The minimum atomic E-state index is -4.52. The first-order valence-corrected chi connectivity index (χ1v) is 18.5. The van der Waals surface area contributed by atoms with E-state index in [2.05, 4.69) is 38.6 Å². The lowest BCUT2D eigenvalue weighted by molar-refractivity contribution is -0.0967. The number of halogens is 6. The van der Waals surface area contributed by atoms with Crippen molar-refractivity contribution in [3.05, 3.63) is 0 Å². The number of nitrogens with zero attached hydrogens (tertiary/aromatic N) is 1. The van der Waals surface area contributed by atoms with Gasteiger partial charge in [0.25, 0.3) is 0 Å². The second-order valence-electron chi connectivity index (χ2n) is 13.7. The average molecular weight is 711 g/mol. The number of thioether (sulfide) groups is 1. The van der Waals surface area contributed by atoms with Crippen molar-refractivity contribution >= 4 is 21.6 Å². The van der Waals surface area contributed by atoms with Crippen molar-refractivity contribution in [1.29, 1.82) is 0 Å². The van der Waals surface area contributed by atoms with Crippen molar-refractivity contribution in [2.24, 2.45) is 5.92 Å². The fourth-order valence-corrected chi connectivity index (χ4v) is 11.3. The lowest BCUT2D eigenvalue weighted by atomic mass is 9.75. The molecule has 2 saturated carbocycles. The van der Waals surface area contributed by atoms with Gasteiger partial charge in [0.15, 0.2) is 28.4 Å². The van der Waals surface area contributed by atoms with Gasteiger partial charge < -0.3 is 9.47 Å². The highest BCUT2D eigenvalue weighted by Gasteiger charge is 2.62. The molecule has 5 N–H and O–H groups in total. The number of hydrazine groups is 1. The van der Waals surface area contributed by atoms with Crippen LogP contribution in [0.2, 0.25) is 0 Å². The summed E-state index contributed by atoms with van der Waals surface area (Å²) in [5.74, 6) is -2.28. The molecular weight excluding hydrogens is 662 g/mol. The summed E-state index contributed by atoms with van der Waals surface area (Å²) in [6, 6.07) is 0.256. The highest BCUT2D eigenvalue weighted by atomic mass is 32.2. The Morgan fingerprint density at radius 1 is 0.913 bits per heavy atom. The predicted octanol–water partition coefficient (Wildman–Crippen LogP) is 1.77. The molecule has 0 aromatic carbocycles. The van der Waals surface area contributed by atoms with Gasteiger partial charge in [-0.3, -0.25) is 26.3 Å². The second-order valence-corrected chi connectivity index (χ2v) is 17.8. The van der Waals surface area contributed by atoms with Crippen molar-refractivity contribution in [3.63, 3.8) is 0 Å². The van der Waals surface area contributed by atoms with Crippen LogP contribution in [0.15, 0.2) is 0 Å². The molecule has 0 bridgehead atoms. The largest absolute Gasteiger partial charge is 0.379 e. The third-order valence-corrected chi connectivity index (χ3v) is 14.8. The van der Waals surface area contributed by atoms with Crippen molar-refractivity contribution in [2.45, 2.75) is 135 Å². The Labute approximate surface area is 271 Å².